The molecule has 1 aliphatic rings. The van der Waals surface area contributed by atoms with Crippen LogP contribution in [0.2, 0.25) is 0 Å². The van der Waals surface area contributed by atoms with Gasteiger partial charge in [0.15, 0.2) is 0 Å². The number of morpholine rings is 1. The molecular formula is C16H18N4O2. The largest absolute Gasteiger partial charge is 0.383 e. The molecule has 1 saturated heterocycles. The number of hydrogen-bond donors (Lipinski definition) is 2. The van der Waals surface area contributed by atoms with E-state index in [-0.39, 0.29) is 11.7 Å². The average Bonchev–Trinajstić information content (AvgIpc) is 2.56. The molecule has 1 aromatic heterocycles. The minimum Gasteiger partial charge on any atom is -0.383 e. The highest BCUT2D eigenvalue weighted by Gasteiger charge is 2.17. The normalized spacial score (nSPS) is 14.6. The number of anilines is 3. The molecule has 114 valence electrons. The number of carbonyl (C=O) groups excluding carboxylic acids is 1. The van der Waals surface area contributed by atoms with Gasteiger partial charge in [0.2, 0.25) is 0 Å². The number of nitrogens with zero attached hydrogens (tertiary/aromatic N) is 2. The second kappa shape index (κ2) is 6.44. The number of ether oxygens (including phenoxy) is 1. The summed E-state index contributed by atoms with van der Waals surface area (Å²) in [6.07, 6.45) is 1.56. The van der Waals surface area contributed by atoms with Crippen molar-refractivity contribution in [2.24, 2.45) is 0 Å². The molecule has 0 atom stereocenters. The van der Waals surface area contributed by atoms with Gasteiger partial charge in [0, 0.05) is 19.3 Å². The van der Waals surface area contributed by atoms with Crippen LogP contribution in [0.15, 0.2) is 42.6 Å². The summed E-state index contributed by atoms with van der Waals surface area (Å²) < 4.78 is 5.37. The van der Waals surface area contributed by atoms with Crippen molar-refractivity contribution in [1.82, 2.24) is 4.98 Å². The van der Waals surface area contributed by atoms with Gasteiger partial charge in [-0.3, -0.25) is 4.79 Å². The van der Waals surface area contributed by atoms with Crippen molar-refractivity contribution in [3.8, 4) is 0 Å². The van der Waals surface area contributed by atoms with Crippen molar-refractivity contribution >= 4 is 23.1 Å². The predicted molar refractivity (Wildman–Crippen MR) is 86.1 cm³/mol. The number of nitrogen functional groups attached to an aromatic ring is 1. The maximum atomic E-state index is 12.4. The van der Waals surface area contributed by atoms with E-state index in [1.807, 2.05) is 24.3 Å². The molecule has 6 heteroatoms. The minimum atomic E-state index is -0.258. The van der Waals surface area contributed by atoms with E-state index in [4.69, 9.17) is 10.5 Å². The number of amides is 1. The quantitative estimate of drug-likeness (QED) is 0.902. The standard InChI is InChI=1S/C16H18N4O2/c17-15-12(4-3-7-18-15)16(21)19-13-5-1-2-6-14(13)20-8-10-22-11-9-20/h1-7H,8-11H2,(H2,17,18)(H,19,21). The highest BCUT2D eigenvalue weighted by molar-refractivity contribution is 6.08. The number of rotatable bonds is 3. The molecule has 0 bridgehead atoms. The van der Waals surface area contributed by atoms with E-state index in [1.165, 1.54) is 0 Å². The monoisotopic (exact) mass is 298 g/mol. The first-order valence-corrected chi connectivity index (χ1v) is 7.19. The summed E-state index contributed by atoms with van der Waals surface area (Å²) in [7, 11) is 0. The van der Waals surface area contributed by atoms with E-state index in [2.05, 4.69) is 15.2 Å². The Morgan fingerprint density at radius 2 is 1.95 bits per heavy atom. The maximum absolute atomic E-state index is 12.4. The van der Waals surface area contributed by atoms with E-state index >= 15 is 0 Å². The van der Waals surface area contributed by atoms with Crippen molar-refractivity contribution in [2.75, 3.05) is 42.3 Å². The fourth-order valence-corrected chi connectivity index (χ4v) is 2.46. The number of nitrogens with one attached hydrogen (secondary N) is 1. The lowest BCUT2D eigenvalue weighted by Crippen LogP contribution is -2.36. The van der Waals surface area contributed by atoms with Crippen molar-refractivity contribution in [3.05, 3.63) is 48.2 Å². The lowest BCUT2D eigenvalue weighted by Gasteiger charge is -2.30. The van der Waals surface area contributed by atoms with Crippen LogP contribution in [0.5, 0.6) is 0 Å². The Morgan fingerprint density at radius 1 is 1.18 bits per heavy atom. The van der Waals surface area contributed by atoms with E-state index in [0.717, 1.165) is 24.5 Å². The molecule has 6 nitrogen and oxygen atoms in total. The van der Waals surface area contributed by atoms with Gasteiger partial charge in [-0.2, -0.15) is 0 Å². The highest BCUT2D eigenvalue weighted by atomic mass is 16.5. The molecule has 3 rings (SSSR count). The lowest BCUT2D eigenvalue weighted by atomic mass is 10.2. The lowest BCUT2D eigenvalue weighted by molar-refractivity contribution is 0.102. The van der Waals surface area contributed by atoms with Crippen LogP contribution >= 0.6 is 0 Å². The van der Waals surface area contributed by atoms with E-state index < -0.39 is 0 Å². The molecule has 0 radical (unpaired) electrons. The van der Waals surface area contributed by atoms with Gasteiger partial charge >= 0.3 is 0 Å². The Balaban J connectivity index is 1.83. The second-order valence-corrected chi connectivity index (χ2v) is 5.01. The molecule has 0 saturated carbocycles. The van der Waals surface area contributed by atoms with E-state index in [9.17, 15) is 4.79 Å². The second-order valence-electron chi connectivity index (χ2n) is 5.01. The Labute approximate surface area is 128 Å². The molecule has 0 aliphatic carbocycles. The van der Waals surface area contributed by atoms with E-state index in [0.29, 0.717) is 18.8 Å². The van der Waals surface area contributed by atoms with Crippen LogP contribution in [0.1, 0.15) is 10.4 Å². The highest BCUT2D eigenvalue weighted by Crippen LogP contribution is 2.27. The molecule has 3 N–H and O–H groups in total. The van der Waals surface area contributed by atoms with Crippen molar-refractivity contribution in [1.29, 1.82) is 0 Å². The van der Waals surface area contributed by atoms with Gasteiger partial charge in [-0.25, -0.2) is 4.98 Å². The van der Waals surface area contributed by atoms with E-state index in [1.54, 1.807) is 18.3 Å². The molecule has 1 aliphatic heterocycles. The number of pyridine rings is 1. The zero-order valence-corrected chi connectivity index (χ0v) is 12.2. The summed E-state index contributed by atoms with van der Waals surface area (Å²) >= 11 is 0. The van der Waals surface area contributed by atoms with Gasteiger partial charge in [0.1, 0.15) is 5.82 Å². The topological polar surface area (TPSA) is 80.5 Å². The molecule has 0 unspecified atom stereocenters. The van der Waals surface area contributed by atoms with Crippen molar-refractivity contribution in [2.45, 2.75) is 0 Å². The maximum Gasteiger partial charge on any atom is 0.259 e. The molecule has 22 heavy (non-hydrogen) atoms. The zero-order valence-electron chi connectivity index (χ0n) is 12.2. The van der Waals surface area contributed by atoms with Gasteiger partial charge in [-0.05, 0) is 24.3 Å². The van der Waals surface area contributed by atoms with Crippen LogP contribution in [-0.4, -0.2) is 37.2 Å². The Bertz CT molecular complexity index is 669. The molecule has 0 spiro atoms. The number of nitrogens with two attached hydrogens (primary N) is 1. The molecule has 2 aromatic rings. The van der Waals surface area contributed by atoms with Gasteiger partial charge in [0.25, 0.3) is 5.91 Å². The van der Waals surface area contributed by atoms with Gasteiger partial charge in [-0.15, -0.1) is 0 Å². The summed E-state index contributed by atoms with van der Waals surface area (Å²) in [6.45, 7) is 3.00. The van der Waals surface area contributed by atoms with Crippen LogP contribution in [0.3, 0.4) is 0 Å². The average molecular weight is 298 g/mol. The summed E-state index contributed by atoms with van der Waals surface area (Å²) in [6, 6.07) is 11.1. The fourth-order valence-electron chi connectivity index (χ4n) is 2.46. The number of aromatic nitrogens is 1. The predicted octanol–water partition coefficient (Wildman–Crippen LogP) is 1.75. The first-order chi connectivity index (χ1) is 10.8. The molecule has 1 aromatic carbocycles. The number of benzene rings is 1. The first kappa shape index (κ1) is 14.3. The third-order valence-electron chi connectivity index (χ3n) is 3.59. The molecule has 2 heterocycles. The molecular weight excluding hydrogens is 280 g/mol. The molecule has 1 amide bonds. The van der Waals surface area contributed by atoms with Crippen molar-refractivity contribution in [3.63, 3.8) is 0 Å². The fraction of sp³-hybridized carbons (Fsp3) is 0.250. The van der Waals surface area contributed by atoms with Crippen LogP contribution < -0.4 is 16.0 Å². The third kappa shape index (κ3) is 3.01. The first-order valence-electron chi connectivity index (χ1n) is 7.19. The summed E-state index contributed by atoms with van der Waals surface area (Å²) in [5, 5.41) is 2.92. The van der Waals surface area contributed by atoms with Gasteiger partial charge < -0.3 is 20.7 Å². The Kier molecular flexibility index (Phi) is 4.20. The molecule has 1 fully saturated rings. The van der Waals surface area contributed by atoms with Crippen LogP contribution in [0, 0.1) is 0 Å². The number of para-hydroxylation sites is 2. The SMILES string of the molecule is Nc1ncccc1C(=O)Nc1ccccc1N1CCOCC1. The smallest absolute Gasteiger partial charge is 0.259 e. The van der Waals surface area contributed by atoms with Crippen LogP contribution in [0.25, 0.3) is 0 Å². The van der Waals surface area contributed by atoms with Gasteiger partial charge in [-0.1, -0.05) is 12.1 Å². The third-order valence-corrected chi connectivity index (χ3v) is 3.59. The minimum absolute atomic E-state index is 0.226. The van der Waals surface area contributed by atoms with Crippen LogP contribution in [0.4, 0.5) is 17.2 Å². The zero-order chi connectivity index (χ0) is 15.4. The van der Waals surface area contributed by atoms with Crippen LogP contribution in [-0.2, 0) is 4.74 Å². The Morgan fingerprint density at radius 3 is 2.73 bits per heavy atom. The summed E-state index contributed by atoms with van der Waals surface area (Å²) in [4.78, 5) is 18.5. The number of carbonyl (C=O) groups is 1. The number of hydrogen-bond acceptors (Lipinski definition) is 5. The van der Waals surface area contributed by atoms with Crippen molar-refractivity contribution < 1.29 is 9.53 Å². The van der Waals surface area contributed by atoms with Gasteiger partial charge in [0.05, 0.1) is 30.2 Å². The summed E-state index contributed by atoms with van der Waals surface area (Å²) in [5.74, 6) is -0.0323. The summed E-state index contributed by atoms with van der Waals surface area (Å²) in [5.41, 5.74) is 7.88. The Hall–Kier alpha value is -2.60.